The van der Waals surface area contributed by atoms with Gasteiger partial charge in [0.05, 0.1) is 16.6 Å². The maximum atomic E-state index is 13.5. The molecule has 0 saturated heterocycles. The van der Waals surface area contributed by atoms with Gasteiger partial charge in [-0.05, 0) is 92.9 Å². The van der Waals surface area contributed by atoms with E-state index in [1.165, 1.54) is 0 Å². The van der Waals surface area contributed by atoms with Crippen molar-refractivity contribution >= 4 is 50.1 Å². The smallest absolute Gasteiger partial charge is 0.407 e. The van der Waals surface area contributed by atoms with Gasteiger partial charge in [0.1, 0.15) is 24.8 Å². The van der Waals surface area contributed by atoms with Crippen LogP contribution in [0.3, 0.4) is 0 Å². The summed E-state index contributed by atoms with van der Waals surface area (Å²) in [6.07, 6.45) is 3.66. The summed E-state index contributed by atoms with van der Waals surface area (Å²) in [5, 5.41) is 11.6. The zero-order chi connectivity index (χ0) is 39.1. The van der Waals surface area contributed by atoms with Crippen LogP contribution in [0.1, 0.15) is 37.6 Å². The van der Waals surface area contributed by atoms with Crippen molar-refractivity contribution in [2.24, 2.45) is 0 Å². The monoisotopic (exact) mass is 771 g/mol. The molecule has 2 aromatic carbocycles. The summed E-state index contributed by atoms with van der Waals surface area (Å²) in [7, 11) is -2.60. The van der Waals surface area contributed by atoms with Gasteiger partial charge in [-0.2, -0.15) is 5.10 Å². The van der Waals surface area contributed by atoms with E-state index in [4.69, 9.17) is 24.3 Å². The van der Waals surface area contributed by atoms with Crippen molar-refractivity contribution in [3.05, 3.63) is 66.5 Å². The van der Waals surface area contributed by atoms with Crippen LogP contribution in [0.2, 0.25) is 51.4 Å². The molecule has 2 N–H and O–H groups in total. The second-order valence-corrected chi connectivity index (χ2v) is 28.4. The van der Waals surface area contributed by atoms with Crippen LogP contribution in [-0.4, -0.2) is 84.4 Å². The number of amides is 2. The highest BCUT2D eigenvalue weighted by Crippen LogP contribution is 2.33. The number of rotatable bonds is 17. The van der Waals surface area contributed by atoms with Crippen molar-refractivity contribution < 1.29 is 23.8 Å². The van der Waals surface area contributed by atoms with Gasteiger partial charge in [-0.1, -0.05) is 45.3 Å². The number of carbonyl (C=O) groups excluding carboxylic acids is 2. The normalized spacial score (nSPS) is 12.4. The molecule has 2 amide bonds. The molecule has 0 aliphatic rings. The minimum absolute atomic E-state index is 0.218. The van der Waals surface area contributed by atoms with Crippen LogP contribution in [0.15, 0.2) is 60.9 Å². The van der Waals surface area contributed by atoms with Gasteiger partial charge in [0.2, 0.25) is 0 Å². The van der Waals surface area contributed by atoms with E-state index in [0.29, 0.717) is 56.5 Å². The van der Waals surface area contributed by atoms with E-state index in [2.05, 4.69) is 71.6 Å². The van der Waals surface area contributed by atoms with Gasteiger partial charge in [-0.25, -0.2) is 14.5 Å². The predicted octanol–water partition coefficient (Wildman–Crippen LogP) is 8.38. The lowest BCUT2D eigenvalue weighted by molar-refractivity contribution is 0.0527. The molecular formula is C40H57N7O5Si2. The molecule has 0 aliphatic heterocycles. The Morgan fingerprint density at radius 3 is 2.11 bits per heavy atom. The predicted molar refractivity (Wildman–Crippen MR) is 221 cm³/mol. The van der Waals surface area contributed by atoms with Crippen molar-refractivity contribution in [3.63, 3.8) is 0 Å². The van der Waals surface area contributed by atoms with Crippen LogP contribution < -0.4 is 10.6 Å². The number of imidazole rings is 1. The molecule has 54 heavy (non-hydrogen) atoms. The number of hydrogen-bond acceptors (Lipinski definition) is 8. The molecule has 0 saturated carbocycles. The Morgan fingerprint density at radius 2 is 1.44 bits per heavy atom. The first-order valence-electron chi connectivity index (χ1n) is 18.8. The minimum atomic E-state index is -1.32. The van der Waals surface area contributed by atoms with Crippen LogP contribution in [0, 0.1) is 0 Å². The molecule has 12 nitrogen and oxygen atoms in total. The lowest BCUT2D eigenvalue weighted by Gasteiger charge is -2.19. The molecule has 14 heteroatoms. The number of aromatic nitrogens is 5. The van der Waals surface area contributed by atoms with E-state index in [0.717, 1.165) is 45.2 Å². The third-order valence-corrected chi connectivity index (χ3v) is 12.1. The summed E-state index contributed by atoms with van der Waals surface area (Å²) in [4.78, 5) is 34.8. The first-order chi connectivity index (χ1) is 25.5. The third kappa shape index (κ3) is 11.6. The minimum Gasteiger partial charge on any atom is -0.444 e. The van der Waals surface area contributed by atoms with Crippen LogP contribution in [0.25, 0.3) is 44.6 Å². The molecule has 3 heterocycles. The first-order valence-corrected chi connectivity index (χ1v) is 26.2. The van der Waals surface area contributed by atoms with Crippen molar-refractivity contribution in [2.45, 2.75) is 97.6 Å². The molecule has 5 aromatic rings. The highest BCUT2D eigenvalue weighted by Gasteiger charge is 2.23. The quantitative estimate of drug-likeness (QED) is 0.0712. The number of nitrogens with one attached hydrogen (secondary N) is 2. The molecule has 290 valence electrons. The van der Waals surface area contributed by atoms with Gasteiger partial charge in [0, 0.05) is 65.8 Å². The van der Waals surface area contributed by atoms with E-state index >= 15 is 0 Å². The topological polar surface area (TPSA) is 134 Å². The molecule has 0 spiro atoms. The fourth-order valence-electron chi connectivity index (χ4n) is 5.70. The van der Waals surface area contributed by atoms with Crippen LogP contribution in [0.4, 0.5) is 4.79 Å². The number of carbonyl (C=O) groups is 2. The van der Waals surface area contributed by atoms with Crippen molar-refractivity contribution in [2.75, 3.05) is 26.3 Å². The summed E-state index contributed by atoms with van der Waals surface area (Å²) in [5.74, 6) is 0.436. The van der Waals surface area contributed by atoms with Gasteiger partial charge in [-0.3, -0.25) is 14.3 Å². The number of ether oxygens (including phenoxy) is 3. The summed E-state index contributed by atoms with van der Waals surface area (Å²) < 4.78 is 21.8. The Bertz CT molecular complexity index is 2040. The molecule has 0 bridgehead atoms. The Hall–Kier alpha value is -4.38. The Balaban J connectivity index is 1.48. The summed E-state index contributed by atoms with van der Waals surface area (Å²) in [5.41, 5.74) is 5.26. The van der Waals surface area contributed by atoms with E-state index in [-0.39, 0.29) is 12.6 Å². The largest absolute Gasteiger partial charge is 0.444 e. The lowest BCUT2D eigenvalue weighted by atomic mass is 10.1. The zero-order valence-corrected chi connectivity index (χ0v) is 35.4. The van der Waals surface area contributed by atoms with Crippen molar-refractivity contribution in [1.29, 1.82) is 0 Å². The highest BCUT2D eigenvalue weighted by atomic mass is 28.3. The SMILES string of the molecule is CC(C)(C)OC(=O)NCCCNC(=O)c1ccc2c(c1)c(-c1nc3ccc(-c4ccncc4)cc3n1COCC[Si](C)(C)C)nn2COCC[Si](C)(C)C. The van der Waals surface area contributed by atoms with Crippen LogP contribution in [-0.2, 0) is 27.7 Å². The summed E-state index contributed by atoms with van der Waals surface area (Å²) in [6.45, 7) is 22.1. The van der Waals surface area contributed by atoms with Gasteiger partial charge in [0.25, 0.3) is 5.91 Å². The molecular weight excluding hydrogens is 715 g/mol. The highest BCUT2D eigenvalue weighted by molar-refractivity contribution is 6.76. The van der Waals surface area contributed by atoms with Gasteiger partial charge in [0.15, 0.2) is 5.82 Å². The van der Waals surface area contributed by atoms with E-state index in [9.17, 15) is 9.59 Å². The number of pyridine rings is 1. The van der Waals surface area contributed by atoms with Crippen LogP contribution in [0.5, 0.6) is 0 Å². The summed E-state index contributed by atoms with van der Waals surface area (Å²) >= 11 is 0. The van der Waals surface area contributed by atoms with Gasteiger partial charge >= 0.3 is 6.09 Å². The average Bonchev–Trinajstić information content (AvgIpc) is 3.64. The maximum Gasteiger partial charge on any atom is 0.407 e. The van der Waals surface area contributed by atoms with Gasteiger partial charge in [-0.15, -0.1) is 0 Å². The molecule has 0 fully saturated rings. The lowest BCUT2D eigenvalue weighted by Crippen LogP contribution is -2.34. The number of hydrogen-bond donors (Lipinski definition) is 2. The van der Waals surface area contributed by atoms with E-state index in [1.54, 1.807) is 12.4 Å². The molecule has 0 aliphatic carbocycles. The number of benzene rings is 2. The average molecular weight is 772 g/mol. The second kappa shape index (κ2) is 17.4. The number of fused-ring (bicyclic) bond motifs is 2. The molecule has 5 rings (SSSR count). The molecule has 0 radical (unpaired) electrons. The van der Waals surface area contributed by atoms with Gasteiger partial charge < -0.3 is 24.8 Å². The maximum absolute atomic E-state index is 13.5. The molecule has 3 aromatic heterocycles. The zero-order valence-electron chi connectivity index (χ0n) is 33.4. The number of alkyl carbamates (subject to hydrolysis) is 1. The first kappa shape index (κ1) is 40.8. The fraction of sp³-hybridized carbons (Fsp3) is 0.475. The summed E-state index contributed by atoms with van der Waals surface area (Å²) in [6, 6.07) is 17.9. The Morgan fingerprint density at radius 1 is 0.778 bits per heavy atom. The Labute approximate surface area is 321 Å². The van der Waals surface area contributed by atoms with Crippen molar-refractivity contribution in [1.82, 2.24) is 34.9 Å². The third-order valence-electron chi connectivity index (χ3n) is 8.72. The van der Waals surface area contributed by atoms with E-state index in [1.807, 2.05) is 61.9 Å². The Kier molecular flexibility index (Phi) is 13.1. The second-order valence-electron chi connectivity index (χ2n) is 17.1. The standard InChI is InChI=1S/C40H57N7O5Si2/c1-40(2,3)52-39(49)43-18-10-17-42-38(48)31-12-14-34-32(25-31)36(45-47(34)28-51-22-24-54(7,8)9)37-44-33-13-11-30(29-15-19-41-20-16-29)26-35(33)46(37)27-50-21-23-53(4,5)6/h11-16,19-20,25-26H,10,17-18,21-24,27-28H2,1-9H3,(H,42,48)(H,43,49). The number of nitrogens with zero attached hydrogens (tertiary/aromatic N) is 5. The van der Waals surface area contributed by atoms with Crippen LogP contribution >= 0.6 is 0 Å². The molecule has 0 unspecified atom stereocenters. The molecule has 0 atom stereocenters. The fourth-order valence-corrected chi connectivity index (χ4v) is 7.22. The van der Waals surface area contributed by atoms with Crippen molar-refractivity contribution in [3.8, 4) is 22.6 Å². The van der Waals surface area contributed by atoms with E-state index < -0.39 is 27.8 Å².